The van der Waals surface area contributed by atoms with E-state index in [0.29, 0.717) is 5.02 Å². The largest absolute Gasteiger partial charge is 0.389 e. The first-order chi connectivity index (χ1) is 8.56. The second-order valence-electron chi connectivity index (χ2n) is 3.92. The average Bonchev–Trinajstić information content (AvgIpc) is 2.28. The van der Waals surface area contributed by atoms with Gasteiger partial charge >= 0.3 is 0 Å². The Morgan fingerprint density at radius 2 is 2.00 bits per heavy atom. The summed E-state index contributed by atoms with van der Waals surface area (Å²) in [7, 11) is 0. The molecule has 0 aliphatic rings. The quantitative estimate of drug-likeness (QED) is 0.815. The van der Waals surface area contributed by atoms with Gasteiger partial charge in [-0.05, 0) is 42.8 Å². The molecule has 1 N–H and O–H groups in total. The molecule has 0 bridgehead atoms. The molecule has 0 spiro atoms. The summed E-state index contributed by atoms with van der Waals surface area (Å²) >= 11 is 11.0. The van der Waals surface area contributed by atoms with Gasteiger partial charge in [-0.25, -0.2) is 0 Å². The van der Waals surface area contributed by atoms with Crippen molar-refractivity contribution in [1.82, 2.24) is 0 Å². The van der Waals surface area contributed by atoms with Crippen molar-refractivity contribution in [3.63, 3.8) is 0 Å². The second kappa shape index (κ2) is 6.11. The van der Waals surface area contributed by atoms with Crippen LogP contribution in [-0.2, 0) is 0 Å². The summed E-state index contributed by atoms with van der Waals surface area (Å²) in [5.74, 6) is 0. The highest BCUT2D eigenvalue weighted by Crippen LogP contribution is 2.35. The van der Waals surface area contributed by atoms with E-state index in [9.17, 15) is 5.11 Å². The standard InChI is InChI=1S/C14H12BrClOS/c1-9(17)13-6-5-10(15)7-14(13)18-12-4-2-3-11(16)8-12/h2-9,17H,1H3. The highest BCUT2D eigenvalue weighted by molar-refractivity contribution is 9.10. The smallest absolute Gasteiger partial charge is 0.0772 e. The molecule has 4 heteroatoms. The number of aliphatic hydroxyl groups excluding tert-OH is 1. The van der Waals surface area contributed by atoms with E-state index >= 15 is 0 Å². The van der Waals surface area contributed by atoms with Gasteiger partial charge in [-0.3, -0.25) is 0 Å². The lowest BCUT2D eigenvalue weighted by molar-refractivity contribution is 0.196. The van der Waals surface area contributed by atoms with Crippen molar-refractivity contribution in [2.75, 3.05) is 0 Å². The van der Waals surface area contributed by atoms with Gasteiger partial charge in [-0.1, -0.05) is 51.4 Å². The monoisotopic (exact) mass is 342 g/mol. The predicted molar refractivity (Wildman–Crippen MR) is 80.4 cm³/mol. The molecule has 1 atom stereocenters. The third-order valence-electron chi connectivity index (χ3n) is 2.45. The van der Waals surface area contributed by atoms with Crippen LogP contribution in [0, 0.1) is 0 Å². The third kappa shape index (κ3) is 3.51. The normalized spacial score (nSPS) is 12.4. The fourth-order valence-electron chi connectivity index (χ4n) is 1.60. The van der Waals surface area contributed by atoms with E-state index in [1.807, 2.05) is 42.5 Å². The van der Waals surface area contributed by atoms with Gasteiger partial charge in [0.1, 0.15) is 0 Å². The van der Waals surface area contributed by atoms with Crippen LogP contribution >= 0.6 is 39.3 Å². The van der Waals surface area contributed by atoms with E-state index in [-0.39, 0.29) is 0 Å². The van der Waals surface area contributed by atoms with Crippen molar-refractivity contribution in [2.24, 2.45) is 0 Å². The van der Waals surface area contributed by atoms with Gasteiger partial charge in [0.15, 0.2) is 0 Å². The maximum absolute atomic E-state index is 9.77. The van der Waals surface area contributed by atoms with Crippen LogP contribution in [-0.4, -0.2) is 5.11 Å². The van der Waals surface area contributed by atoms with Crippen molar-refractivity contribution >= 4 is 39.3 Å². The van der Waals surface area contributed by atoms with E-state index < -0.39 is 6.10 Å². The Kier molecular flexibility index (Phi) is 4.73. The lowest BCUT2D eigenvalue weighted by atomic mass is 10.1. The second-order valence-corrected chi connectivity index (χ2v) is 6.39. The SMILES string of the molecule is CC(O)c1ccc(Br)cc1Sc1cccc(Cl)c1. The van der Waals surface area contributed by atoms with Crippen LogP contribution in [0.3, 0.4) is 0 Å². The van der Waals surface area contributed by atoms with Gasteiger partial charge in [0.05, 0.1) is 6.10 Å². The van der Waals surface area contributed by atoms with Gasteiger partial charge in [0.25, 0.3) is 0 Å². The number of benzene rings is 2. The minimum atomic E-state index is -0.486. The van der Waals surface area contributed by atoms with Crippen LogP contribution < -0.4 is 0 Å². The lowest BCUT2D eigenvalue weighted by Crippen LogP contribution is -1.93. The maximum atomic E-state index is 9.77. The van der Waals surface area contributed by atoms with E-state index in [2.05, 4.69) is 15.9 Å². The van der Waals surface area contributed by atoms with Crippen LogP contribution in [0.25, 0.3) is 0 Å². The van der Waals surface area contributed by atoms with Gasteiger partial charge in [0.2, 0.25) is 0 Å². The molecule has 1 unspecified atom stereocenters. The zero-order valence-electron chi connectivity index (χ0n) is 9.73. The van der Waals surface area contributed by atoms with Crippen LogP contribution in [0.1, 0.15) is 18.6 Å². The Hall–Kier alpha value is -0.480. The number of aliphatic hydroxyl groups is 1. The molecule has 0 heterocycles. The zero-order chi connectivity index (χ0) is 13.1. The minimum Gasteiger partial charge on any atom is -0.389 e. The summed E-state index contributed by atoms with van der Waals surface area (Å²) in [5.41, 5.74) is 0.920. The van der Waals surface area contributed by atoms with E-state index in [4.69, 9.17) is 11.6 Å². The van der Waals surface area contributed by atoms with Gasteiger partial charge in [0, 0.05) is 19.3 Å². The molecule has 2 aromatic carbocycles. The molecule has 0 saturated carbocycles. The van der Waals surface area contributed by atoms with Crippen LogP contribution in [0.4, 0.5) is 0 Å². The van der Waals surface area contributed by atoms with Gasteiger partial charge in [-0.2, -0.15) is 0 Å². The lowest BCUT2D eigenvalue weighted by Gasteiger charge is -2.12. The Labute approximate surface area is 124 Å². The molecule has 2 rings (SSSR count). The van der Waals surface area contributed by atoms with Crippen molar-refractivity contribution in [1.29, 1.82) is 0 Å². The van der Waals surface area contributed by atoms with E-state index in [0.717, 1.165) is 19.8 Å². The number of hydrogen-bond acceptors (Lipinski definition) is 2. The molecule has 0 aromatic heterocycles. The zero-order valence-corrected chi connectivity index (χ0v) is 12.9. The van der Waals surface area contributed by atoms with Crippen molar-refractivity contribution in [2.45, 2.75) is 22.8 Å². The van der Waals surface area contributed by atoms with Gasteiger partial charge in [-0.15, -0.1) is 0 Å². The molecule has 0 aliphatic heterocycles. The van der Waals surface area contributed by atoms with Crippen LogP contribution in [0.2, 0.25) is 5.02 Å². The summed E-state index contributed by atoms with van der Waals surface area (Å²) in [6.45, 7) is 1.77. The fourth-order valence-corrected chi connectivity index (χ4v) is 3.50. The van der Waals surface area contributed by atoms with E-state index in [1.54, 1.807) is 18.7 Å². The first-order valence-electron chi connectivity index (χ1n) is 5.47. The first-order valence-corrected chi connectivity index (χ1v) is 7.46. The van der Waals surface area contributed by atoms with Gasteiger partial charge < -0.3 is 5.11 Å². The third-order valence-corrected chi connectivity index (χ3v) is 4.24. The highest BCUT2D eigenvalue weighted by atomic mass is 79.9. The average molecular weight is 344 g/mol. The van der Waals surface area contributed by atoms with E-state index in [1.165, 1.54) is 0 Å². The molecule has 0 radical (unpaired) electrons. The van der Waals surface area contributed by atoms with Crippen molar-refractivity contribution < 1.29 is 5.11 Å². The molecular weight excluding hydrogens is 332 g/mol. The predicted octanol–water partition coefficient (Wildman–Crippen LogP) is 5.31. The summed E-state index contributed by atoms with van der Waals surface area (Å²) in [5, 5.41) is 10.5. The van der Waals surface area contributed by atoms with Crippen molar-refractivity contribution in [3.05, 3.63) is 57.5 Å². The first kappa shape index (κ1) is 13.9. The molecule has 0 amide bonds. The molecular formula is C14H12BrClOS. The number of halogens is 2. The van der Waals surface area contributed by atoms with Crippen LogP contribution in [0.5, 0.6) is 0 Å². The summed E-state index contributed by atoms with van der Waals surface area (Å²) in [6.07, 6.45) is -0.486. The summed E-state index contributed by atoms with van der Waals surface area (Å²) in [6, 6.07) is 13.6. The van der Waals surface area contributed by atoms with Crippen LogP contribution in [0.15, 0.2) is 56.7 Å². The number of hydrogen-bond donors (Lipinski definition) is 1. The Morgan fingerprint density at radius 3 is 2.67 bits per heavy atom. The topological polar surface area (TPSA) is 20.2 Å². The molecule has 0 fully saturated rings. The number of rotatable bonds is 3. The Morgan fingerprint density at radius 1 is 1.22 bits per heavy atom. The summed E-state index contributed by atoms with van der Waals surface area (Å²) in [4.78, 5) is 2.09. The molecule has 18 heavy (non-hydrogen) atoms. The maximum Gasteiger partial charge on any atom is 0.0772 e. The molecule has 2 aromatic rings. The van der Waals surface area contributed by atoms with Crippen molar-refractivity contribution in [3.8, 4) is 0 Å². The summed E-state index contributed by atoms with van der Waals surface area (Å²) < 4.78 is 0.997. The molecule has 0 aliphatic carbocycles. The Balaban J connectivity index is 2.36. The fraction of sp³-hybridized carbons (Fsp3) is 0.143. The molecule has 0 saturated heterocycles. The minimum absolute atomic E-state index is 0.486. The Bertz CT molecular complexity index is 557. The highest BCUT2D eigenvalue weighted by Gasteiger charge is 2.10. The molecule has 94 valence electrons. The molecule has 1 nitrogen and oxygen atoms in total.